The molecule has 2 unspecified atom stereocenters. The summed E-state index contributed by atoms with van der Waals surface area (Å²) in [5.74, 6) is 1.95. The number of nitrogens with two attached hydrogens (primary N) is 1. The van der Waals surface area contributed by atoms with Crippen molar-refractivity contribution in [1.82, 2.24) is 4.98 Å². The number of halogens is 1. The Bertz CT molecular complexity index is 746. The molecule has 0 aliphatic heterocycles. The zero-order valence-corrected chi connectivity index (χ0v) is 15.3. The van der Waals surface area contributed by atoms with Gasteiger partial charge in [-0.1, -0.05) is 13.3 Å². The van der Waals surface area contributed by atoms with Gasteiger partial charge in [0.25, 0.3) is 0 Å². The molecule has 1 aromatic carbocycles. The number of anilines is 1. The highest BCUT2D eigenvalue weighted by atomic mass is 35.5. The SMILES string of the molecule is CCc1nc2cc(NC(=O)C3CC4CCCC(C3)C4N)ccc2o1.Cl. The third-order valence-electron chi connectivity index (χ3n) is 5.79. The van der Waals surface area contributed by atoms with Gasteiger partial charge in [-0.05, 0) is 55.7 Å². The molecule has 0 radical (unpaired) electrons. The molecule has 25 heavy (non-hydrogen) atoms. The summed E-state index contributed by atoms with van der Waals surface area (Å²) in [7, 11) is 0. The van der Waals surface area contributed by atoms with Gasteiger partial charge in [-0.25, -0.2) is 4.98 Å². The second-order valence-corrected chi connectivity index (χ2v) is 7.33. The summed E-state index contributed by atoms with van der Waals surface area (Å²) >= 11 is 0. The summed E-state index contributed by atoms with van der Waals surface area (Å²) in [6.07, 6.45) is 6.23. The number of carbonyl (C=O) groups is 1. The van der Waals surface area contributed by atoms with E-state index in [1.54, 1.807) is 0 Å². The molecular formula is C19H26ClN3O2. The van der Waals surface area contributed by atoms with Crippen LogP contribution in [0.25, 0.3) is 11.1 Å². The van der Waals surface area contributed by atoms with Crippen LogP contribution < -0.4 is 11.1 Å². The summed E-state index contributed by atoms with van der Waals surface area (Å²) in [4.78, 5) is 17.1. The monoisotopic (exact) mass is 363 g/mol. The zero-order chi connectivity index (χ0) is 16.7. The van der Waals surface area contributed by atoms with Gasteiger partial charge in [0.05, 0.1) is 0 Å². The average Bonchev–Trinajstić information content (AvgIpc) is 2.97. The van der Waals surface area contributed by atoms with Crippen molar-refractivity contribution in [1.29, 1.82) is 0 Å². The van der Waals surface area contributed by atoms with Crippen LogP contribution in [0.4, 0.5) is 5.69 Å². The first-order chi connectivity index (χ1) is 11.6. The topological polar surface area (TPSA) is 81.2 Å². The van der Waals surface area contributed by atoms with Crippen LogP contribution >= 0.6 is 12.4 Å². The first-order valence-electron chi connectivity index (χ1n) is 9.10. The van der Waals surface area contributed by atoms with Crippen molar-refractivity contribution in [3.63, 3.8) is 0 Å². The Morgan fingerprint density at radius 1 is 1.32 bits per heavy atom. The highest BCUT2D eigenvalue weighted by Crippen LogP contribution is 2.42. The van der Waals surface area contributed by atoms with Gasteiger partial charge >= 0.3 is 0 Å². The molecule has 1 aromatic heterocycles. The van der Waals surface area contributed by atoms with Crippen LogP contribution in [-0.2, 0) is 11.2 Å². The second kappa shape index (κ2) is 7.34. The number of amides is 1. The largest absolute Gasteiger partial charge is 0.441 e. The fourth-order valence-electron chi connectivity index (χ4n) is 4.45. The summed E-state index contributed by atoms with van der Waals surface area (Å²) < 4.78 is 5.62. The van der Waals surface area contributed by atoms with Crippen molar-refractivity contribution >= 4 is 35.1 Å². The zero-order valence-electron chi connectivity index (χ0n) is 14.5. The Kier molecular flexibility index (Phi) is 5.35. The number of aryl methyl sites for hydroxylation is 1. The molecule has 1 amide bonds. The number of oxazole rings is 1. The van der Waals surface area contributed by atoms with Gasteiger partial charge in [-0.3, -0.25) is 4.79 Å². The van der Waals surface area contributed by atoms with Crippen LogP contribution in [0.5, 0.6) is 0 Å². The minimum atomic E-state index is 0. The van der Waals surface area contributed by atoms with Crippen LogP contribution in [0.3, 0.4) is 0 Å². The van der Waals surface area contributed by atoms with Crippen molar-refractivity contribution in [3.05, 3.63) is 24.1 Å². The fraction of sp³-hybridized carbons (Fsp3) is 0.579. The highest BCUT2D eigenvalue weighted by molar-refractivity contribution is 5.94. The molecular weight excluding hydrogens is 338 g/mol. The molecule has 1 heterocycles. The number of rotatable bonds is 3. The molecule has 2 bridgehead atoms. The predicted octanol–water partition coefficient (Wildman–Crippen LogP) is 3.90. The van der Waals surface area contributed by atoms with E-state index in [2.05, 4.69) is 10.3 Å². The fourth-order valence-corrected chi connectivity index (χ4v) is 4.45. The average molecular weight is 364 g/mol. The third kappa shape index (κ3) is 3.53. The van der Waals surface area contributed by atoms with E-state index in [9.17, 15) is 4.79 Å². The maximum atomic E-state index is 12.7. The maximum Gasteiger partial charge on any atom is 0.227 e. The van der Waals surface area contributed by atoms with Gasteiger partial charge in [-0.2, -0.15) is 0 Å². The van der Waals surface area contributed by atoms with Crippen LogP contribution in [0.1, 0.15) is 44.9 Å². The van der Waals surface area contributed by atoms with Crippen LogP contribution in [0.15, 0.2) is 22.6 Å². The normalized spacial score (nSPS) is 28.4. The van der Waals surface area contributed by atoms with E-state index >= 15 is 0 Å². The molecule has 0 spiro atoms. The number of benzene rings is 1. The lowest BCUT2D eigenvalue weighted by Gasteiger charge is -2.43. The lowest BCUT2D eigenvalue weighted by atomic mass is 9.65. The lowest BCUT2D eigenvalue weighted by molar-refractivity contribution is -0.122. The Labute approximate surface area is 154 Å². The Morgan fingerprint density at radius 2 is 2.04 bits per heavy atom. The summed E-state index contributed by atoms with van der Waals surface area (Å²) in [5.41, 5.74) is 8.69. The first kappa shape index (κ1) is 18.2. The van der Waals surface area contributed by atoms with E-state index in [0.29, 0.717) is 17.9 Å². The van der Waals surface area contributed by atoms with Crippen LogP contribution in [-0.4, -0.2) is 16.9 Å². The summed E-state index contributed by atoms with van der Waals surface area (Å²) in [6, 6.07) is 5.95. The van der Waals surface area contributed by atoms with Crippen molar-refractivity contribution in [3.8, 4) is 0 Å². The minimum absolute atomic E-state index is 0. The van der Waals surface area contributed by atoms with Gasteiger partial charge in [-0.15, -0.1) is 12.4 Å². The molecule has 3 N–H and O–H groups in total. The molecule has 2 aliphatic rings. The number of nitrogens with one attached hydrogen (secondary N) is 1. The Morgan fingerprint density at radius 3 is 2.72 bits per heavy atom. The number of aromatic nitrogens is 1. The summed E-state index contributed by atoms with van der Waals surface area (Å²) in [6.45, 7) is 2.01. The van der Waals surface area contributed by atoms with Crippen molar-refractivity contribution in [2.75, 3.05) is 5.32 Å². The molecule has 2 saturated carbocycles. The first-order valence-corrected chi connectivity index (χ1v) is 9.10. The minimum Gasteiger partial charge on any atom is -0.441 e. The van der Waals surface area contributed by atoms with E-state index < -0.39 is 0 Å². The van der Waals surface area contributed by atoms with Crippen molar-refractivity contribution < 1.29 is 9.21 Å². The Hall–Kier alpha value is -1.59. The predicted molar refractivity (Wildman–Crippen MR) is 101 cm³/mol. The van der Waals surface area contributed by atoms with Crippen LogP contribution in [0, 0.1) is 17.8 Å². The molecule has 6 heteroatoms. The van der Waals surface area contributed by atoms with Gasteiger partial charge < -0.3 is 15.5 Å². The van der Waals surface area contributed by atoms with Gasteiger partial charge in [0.15, 0.2) is 11.5 Å². The maximum absolute atomic E-state index is 12.7. The number of hydrogen-bond donors (Lipinski definition) is 2. The van der Waals surface area contributed by atoms with E-state index in [1.165, 1.54) is 19.3 Å². The van der Waals surface area contributed by atoms with Crippen molar-refractivity contribution in [2.45, 2.75) is 51.5 Å². The second-order valence-electron chi connectivity index (χ2n) is 7.33. The standard InChI is InChI=1S/C19H25N3O2.ClH/c1-2-17-22-15-10-14(6-7-16(15)24-17)21-19(23)13-8-11-4-3-5-12(9-13)18(11)20;/h6-7,10-13,18H,2-5,8-9,20H2,1H3,(H,21,23);1H. The van der Waals surface area contributed by atoms with Crippen LogP contribution in [0.2, 0.25) is 0 Å². The van der Waals surface area contributed by atoms with Gasteiger partial charge in [0, 0.05) is 24.1 Å². The van der Waals surface area contributed by atoms with E-state index in [0.717, 1.165) is 41.9 Å². The lowest BCUT2D eigenvalue weighted by Crippen LogP contribution is -2.48. The molecule has 5 nitrogen and oxygen atoms in total. The molecule has 136 valence electrons. The van der Waals surface area contributed by atoms with E-state index in [-0.39, 0.29) is 24.2 Å². The molecule has 2 atom stereocenters. The molecule has 2 aliphatic carbocycles. The van der Waals surface area contributed by atoms with E-state index in [1.807, 2.05) is 25.1 Å². The third-order valence-corrected chi connectivity index (χ3v) is 5.79. The van der Waals surface area contributed by atoms with Gasteiger partial charge in [0.2, 0.25) is 5.91 Å². The molecule has 4 rings (SSSR count). The number of hydrogen-bond acceptors (Lipinski definition) is 4. The molecule has 2 fully saturated rings. The number of nitrogens with zero attached hydrogens (tertiary/aromatic N) is 1. The Balaban J connectivity index is 0.00000182. The molecule has 2 aromatic rings. The van der Waals surface area contributed by atoms with Gasteiger partial charge in [0.1, 0.15) is 5.52 Å². The smallest absolute Gasteiger partial charge is 0.227 e. The number of fused-ring (bicyclic) bond motifs is 3. The van der Waals surface area contributed by atoms with Crippen molar-refractivity contribution in [2.24, 2.45) is 23.5 Å². The van der Waals surface area contributed by atoms with E-state index in [4.69, 9.17) is 10.2 Å². The quantitative estimate of drug-likeness (QED) is 0.866. The summed E-state index contributed by atoms with van der Waals surface area (Å²) in [5, 5.41) is 3.07. The molecule has 0 saturated heterocycles. The highest BCUT2D eigenvalue weighted by Gasteiger charge is 2.40. The number of carbonyl (C=O) groups excluding carboxylic acids is 1.